The molecular formula is C22H20BN2O4+. The number of hydrogen-bond acceptors (Lipinski definition) is 5. The van der Waals surface area contributed by atoms with Crippen molar-refractivity contribution in [3.05, 3.63) is 89.5 Å². The molecule has 7 heteroatoms. The molecule has 0 aromatic heterocycles. The SMILES string of the molecule is N#Cc1ccc(Oc2ccc([NH3+])c(COB3OCC(c4ccccc4)O3)c2)cc1. The molecule has 4 rings (SSSR count). The summed E-state index contributed by atoms with van der Waals surface area (Å²) in [7, 11) is -0.720. The highest BCUT2D eigenvalue weighted by molar-refractivity contribution is 6.37. The Morgan fingerprint density at radius 1 is 1.03 bits per heavy atom. The Morgan fingerprint density at radius 2 is 1.79 bits per heavy atom. The second kappa shape index (κ2) is 8.90. The van der Waals surface area contributed by atoms with Crippen LogP contribution >= 0.6 is 0 Å². The maximum atomic E-state index is 8.88. The van der Waals surface area contributed by atoms with Gasteiger partial charge in [-0.3, -0.25) is 0 Å². The zero-order valence-electron chi connectivity index (χ0n) is 15.8. The highest BCUT2D eigenvalue weighted by Gasteiger charge is 2.35. The third-order valence-corrected chi connectivity index (χ3v) is 4.60. The van der Waals surface area contributed by atoms with Crippen LogP contribution in [-0.2, 0) is 20.6 Å². The van der Waals surface area contributed by atoms with E-state index in [-0.39, 0.29) is 12.7 Å². The molecule has 0 spiro atoms. The van der Waals surface area contributed by atoms with Gasteiger partial charge in [-0.15, -0.1) is 0 Å². The molecule has 1 heterocycles. The number of nitrogens with zero attached hydrogens (tertiary/aromatic N) is 1. The van der Waals surface area contributed by atoms with Crippen molar-refractivity contribution in [2.24, 2.45) is 0 Å². The Labute approximate surface area is 169 Å². The molecule has 6 nitrogen and oxygen atoms in total. The van der Waals surface area contributed by atoms with Gasteiger partial charge in [0.25, 0.3) is 0 Å². The minimum absolute atomic E-state index is 0.133. The van der Waals surface area contributed by atoms with E-state index in [1.54, 1.807) is 24.3 Å². The summed E-state index contributed by atoms with van der Waals surface area (Å²) in [6.07, 6.45) is -0.133. The average Bonchev–Trinajstić information content (AvgIpc) is 3.24. The number of rotatable bonds is 6. The predicted molar refractivity (Wildman–Crippen MR) is 107 cm³/mol. The van der Waals surface area contributed by atoms with Crippen molar-refractivity contribution >= 4 is 13.0 Å². The van der Waals surface area contributed by atoms with Crippen LogP contribution in [0.25, 0.3) is 0 Å². The minimum atomic E-state index is -0.720. The number of ether oxygens (including phenoxy) is 1. The molecule has 0 saturated carbocycles. The normalized spacial score (nSPS) is 15.9. The van der Waals surface area contributed by atoms with Gasteiger partial charge in [0.2, 0.25) is 0 Å². The zero-order chi connectivity index (χ0) is 20.1. The summed E-state index contributed by atoms with van der Waals surface area (Å²) >= 11 is 0. The monoisotopic (exact) mass is 387 g/mol. The van der Waals surface area contributed by atoms with Gasteiger partial charge in [0.15, 0.2) is 0 Å². The van der Waals surface area contributed by atoms with Crippen molar-refractivity contribution in [1.29, 1.82) is 5.26 Å². The number of hydrogen-bond donors (Lipinski definition) is 1. The Morgan fingerprint density at radius 3 is 2.55 bits per heavy atom. The molecule has 1 aliphatic heterocycles. The molecule has 0 radical (unpaired) electrons. The molecule has 1 aliphatic rings. The molecular weight excluding hydrogens is 367 g/mol. The van der Waals surface area contributed by atoms with Crippen LogP contribution in [0.1, 0.15) is 22.8 Å². The van der Waals surface area contributed by atoms with Gasteiger partial charge in [0.05, 0.1) is 31.0 Å². The van der Waals surface area contributed by atoms with Crippen molar-refractivity contribution in [1.82, 2.24) is 0 Å². The van der Waals surface area contributed by atoms with Crippen molar-refractivity contribution in [2.75, 3.05) is 6.61 Å². The first-order valence-corrected chi connectivity index (χ1v) is 9.28. The fourth-order valence-electron chi connectivity index (χ4n) is 3.00. The Balaban J connectivity index is 1.36. The lowest BCUT2D eigenvalue weighted by Crippen LogP contribution is -2.41. The van der Waals surface area contributed by atoms with E-state index in [1.165, 1.54) is 0 Å². The fourth-order valence-corrected chi connectivity index (χ4v) is 3.00. The van der Waals surface area contributed by atoms with Crippen LogP contribution in [0.3, 0.4) is 0 Å². The topological polar surface area (TPSA) is 88.4 Å². The second-order valence-corrected chi connectivity index (χ2v) is 6.64. The van der Waals surface area contributed by atoms with E-state index in [4.69, 9.17) is 24.0 Å². The molecule has 1 fully saturated rings. The third-order valence-electron chi connectivity index (χ3n) is 4.60. The molecule has 29 heavy (non-hydrogen) atoms. The Hall–Kier alpha value is -3.15. The van der Waals surface area contributed by atoms with E-state index in [0.29, 0.717) is 23.7 Å². The van der Waals surface area contributed by atoms with E-state index in [2.05, 4.69) is 11.8 Å². The van der Waals surface area contributed by atoms with Crippen LogP contribution in [0.4, 0.5) is 5.69 Å². The quantitative estimate of drug-likeness (QED) is 0.654. The highest BCUT2D eigenvalue weighted by Crippen LogP contribution is 2.28. The van der Waals surface area contributed by atoms with Crippen LogP contribution in [0.2, 0.25) is 0 Å². The van der Waals surface area contributed by atoms with Crippen LogP contribution in [0, 0.1) is 11.3 Å². The van der Waals surface area contributed by atoms with E-state index < -0.39 is 7.32 Å². The van der Waals surface area contributed by atoms with Crippen molar-refractivity contribution < 1.29 is 24.4 Å². The lowest BCUT2D eigenvalue weighted by atomic mass is 10.1. The van der Waals surface area contributed by atoms with Gasteiger partial charge in [-0.2, -0.15) is 5.26 Å². The van der Waals surface area contributed by atoms with Gasteiger partial charge in [-0.05, 0) is 42.0 Å². The van der Waals surface area contributed by atoms with Gasteiger partial charge in [-0.25, -0.2) is 0 Å². The average molecular weight is 387 g/mol. The largest absolute Gasteiger partial charge is 0.640 e. The molecule has 0 bridgehead atoms. The molecule has 1 atom stereocenters. The van der Waals surface area contributed by atoms with Gasteiger partial charge in [-0.1, -0.05) is 30.3 Å². The standard InChI is InChI=1S/C22H19BN2O4/c24-13-16-6-8-19(9-7-16)28-20-10-11-21(25)18(12-20)14-26-23-27-15-22(29-23)17-4-2-1-3-5-17/h1-12,22H,14-15,25H2/p+1. The van der Waals surface area contributed by atoms with Crippen LogP contribution < -0.4 is 10.5 Å². The summed E-state index contributed by atoms with van der Waals surface area (Å²) < 4.78 is 23.1. The molecule has 0 amide bonds. The summed E-state index contributed by atoms with van der Waals surface area (Å²) in [4.78, 5) is 0. The van der Waals surface area contributed by atoms with Gasteiger partial charge >= 0.3 is 7.32 Å². The number of benzene rings is 3. The van der Waals surface area contributed by atoms with Crippen LogP contribution in [-0.4, -0.2) is 13.9 Å². The van der Waals surface area contributed by atoms with E-state index >= 15 is 0 Å². The van der Waals surface area contributed by atoms with Crippen molar-refractivity contribution in [3.63, 3.8) is 0 Å². The first-order chi connectivity index (χ1) is 14.2. The van der Waals surface area contributed by atoms with Crippen LogP contribution in [0.15, 0.2) is 72.8 Å². The number of quaternary nitrogens is 1. The lowest BCUT2D eigenvalue weighted by molar-refractivity contribution is -0.256. The first-order valence-electron chi connectivity index (χ1n) is 9.28. The zero-order valence-corrected chi connectivity index (χ0v) is 15.8. The Kier molecular flexibility index (Phi) is 5.89. The van der Waals surface area contributed by atoms with E-state index in [1.807, 2.05) is 48.5 Å². The lowest BCUT2D eigenvalue weighted by Gasteiger charge is -2.11. The maximum absolute atomic E-state index is 8.88. The summed E-state index contributed by atoms with van der Waals surface area (Å²) in [5.74, 6) is 1.32. The molecule has 1 unspecified atom stereocenters. The predicted octanol–water partition coefficient (Wildman–Crippen LogP) is 3.51. The first kappa shape index (κ1) is 19.2. The van der Waals surface area contributed by atoms with Crippen molar-refractivity contribution in [3.8, 4) is 17.6 Å². The molecule has 3 N–H and O–H groups in total. The molecule has 0 aliphatic carbocycles. The molecule has 3 aromatic carbocycles. The van der Waals surface area contributed by atoms with Crippen molar-refractivity contribution in [2.45, 2.75) is 12.7 Å². The third kappa shape index (κ3) is 4.83. The van der Waals surface area contributed by atoms with Crippen LogP contribution in [0.5, 0.6) is 11.5 Å². The van der Waals surface area contributed by atoms with Gasteiger partial charge in [0, 0.05) is 11.6 Å². The summed E-state index contributed by atoms with van der Waals surface area (Å²) in [5.41, 5.74) is 7.42. The summed E-state index contributed by atoms with van der Waals surface area (Å²) in [5, 5.41) is 8.88. The summed E-state index contributed by atoms with van der Waals surface area (Å²) in [6.45, 7) is 0.739. The Bertz CT molecular complexity index is 1010. The number of nitriles is 1. The second-order valence-electron chi connectivity index (χ2n) is 6.64. The van der Waals surface area contributed by atoms with Gasteiger partial charge < -0.3 is 24.4 Å². The van der Waals surface area contributed by atoms with Gasteiger partial charge in [0.1, 0.15) is 17.2 Å². The molecule has 3 aromatic rings. The fraction of sp³-hybridized carbons (Fsp3) is 0.136. The molecule has 144 valence electrons. The maximum Gasteiger partial charge on any atom is 0.640 e. The van der Waals surface area contributed by atoms with E-state index in [9.17, 15) is 0 Å². The minimum Gasteiger partial charge on any atom is -0.457 e. The summed E-state index contributed by atoms with van der Waals surface area (Å²) in [6, 6.07) is 24.6. The smallest absolute Gasteiger partial charge is 0.457 e. The highest BCUT2D eigenvalue weighted by atomic mass is 16.8. The molecule has 1 saturated heterocycles. The van der Waals surface area contributed by atoms with E-state index in [0.717, 1.165) is 16.8 Å².